The molecule has 1 amide bonds. The third-order valence-corrected chi connectivity index (χ3v) is 3.75. The van der Waals surface area contributed by atoms with Gasteiger partial charge in [-0.25, -0.2) is 4.79 Å². The van der Waals surface area contributed by atoms with Crippen molar-refractivity contribution in [2.24, 2.45) is 0 Å². The summed E-state index contributed by atoms with van der Waals surface area (Å²) in [6.45, 7) is 0. The molecule has 0 aliphatic carbocycles. The Morgan fingerprint density at radius 2 is 2.17 bits per heavy atom. The minimum atomic E-state index is -4.46. The molecule has 0 spiro atoms. The lowest BCUT2D eigenvalue weighted by molar-refractivity contribution is -0.137. The fourth-order valence-electron chi connectivity index (χ4n) is 1.99. The fourth-order valence-corrected chi connectivity index (χ4v) is 2.75. The molecular formula is C11H10F3NO2S. The van der Waals surface area contributed by atoms with Gasteiger partial charge < -0.3 is 5.11 Å². The quantitative estimate of drug-likeness (QED) is 0.855. The number of halogens is 3. The van der Waals surface area contributed by atoms with Gasteiger partial charge in [-0.1, -0.05) is 6.07 Å². The van der Waals surface area contributed by atoms with Gasteiger partial charge >= 0.3 is 12.3 Å². The van der Waals surface area contributed by atoms with Gasteiger partial charge in [0.2, 0.25) is 0 Å². The van der Waals surface area contributed by atoms with E-state index in [1.807, 2.05) is 0 Å². The second-order valence-corrected chi connectivity index (χ2v) is 4.90. The van der Waals surface area contributed by atoms with Crippen molar-refractivity contribution < 1.29 is 23.1 Å². The molecule has 7 heteroatoms. The van der Waals surface area contributed by atoms with Crippen molar-refractivity contribution in [3.05, 3.63) is 29.3 Å². The topological polar surface area (TPSA) is 40.5 Å². The van der Waals surface area contributed by atoms with Crippen LogP contribution in [0, 0.1) is 0 Å². The second-order valence-electron chi connectivity index (χ2n) is 3.89. The number of benzene rings is 1. The van der Waals surface area contributed by atoms with E-state index in [1.165, 1.54) is 17.8 Å². The summed E-state index contributed by atoms with van der Waals surface area (Å²) >= 11 is 1.30. The molecule has 0 aromatic heterocycles. The maximum absolute atomic E-state index is 12.6. The Bertz CT molecular complexity index is 490. The lowest BCUT2D eigenvalue weighted by Gasteiger charge is -2.20. The van der Waals surface area contributed by atoms with Crippen LogP contribution in [0.3, 0.4) is 0 Å². The Morgan fingerprint density at radius 1 is 1.50 bits per heavy atom. The van der Waals surface area contributed by atoms with Crippen LogP contribution in [0.4, 0.5) is 23.7 Å². The lowest BCUT2D eigenvalue weighted by Crippen LogP contribution is -2.34. The zero-order valence-corrected chi connectivity index (χ0v) is 10.2. The highest BCUT2D eigenvalue weighted by Gasteiger charge is 2.37. The maximum Gasteiger partial charge on any atom is 0.416 e. The minimum Gasteiger partial charge on any atom is -0.465 e. The first kappa shape index (κ1) is 13.1. The molecule has 0 saturated heterocycles. The van der Waals surface area contributed by atoms with E-state index < -0.39 is 17.8 Å². The Labute approximate surface area is 106 Å². The number of carbonyl (C=O) groups is 1. The normalized spacial score (nSPS) is 18.9. The number of amides is 1. The highest BCUT2D eigenvalue weighted by molar-refractivity contribution is 7.99. The Balaban J connectivity index is 2.48. The van der Waals surface area contributed by atoms with Gasteiger partial charge in [0.05, 0.1) is 16.6 Å². The van der Waals surface area contributed by atoms with E-state index in [-0.39, 0.29) is 11.1 Å². The molecule has 1 N–H and O–H groups in total. The van der Waals surface area contributed by atoms with E-state index in [4.69, 9.17) is 5.11 Å². The molecule has 0 saturated carbocycles. The van der Waals surface area contributed by atoms with E-state index in [9.17, 15) is 18.0 Å². The molecule has 1 heterocycles. The SMILES string of the molecule is CSC1Cc2ccc(C(F)(F)F)cc2N1C(=O)O. The van der Waals surface area contributed by atoms with Crippen LogP contribution in [0.1, 0.15) is 11.1 Å². The molecule has 0 radical (unpaired) electrons. The third-order valence-electron chi connectivity index (χ3n) is 2.83. The predicted molar refractivity (Wildman–Crippen MR) is 63.0 cm³/mol. The van der Waals surface area contributed by atoms with E-state index >= 15 is 0 Å². The Hall–Kier alpha value is -1.37. The van der Waals surface area contributed by atoms with E-state index in [0.717, 1.165) is 17.0 Å². The number of hydrogen-bond donors (Lipinski definition) is 1. The van der Waals surface area contributed by atoms with Crippen molar-refractivity contribution in [1.29, 1.82) is 0 Å². The summed E-state index contributed by atoms with van der Waals surface area (Å²) in [5.41, 5.74) is -0.0596. The second kappa shape index (κ2) is 4.38. The highest BCUT2D eigenvalue weighted by atomic mass is 32.2. The van der Waals surface area contributed by atoms with Crippen molar-refractivity contribution >= 4 is 23.5 Å². The summed E-state index contributed by atoms with van der Waals surface area (Å²) in [5.74, 6) is 0. The number of rotatable bonds is 1. The molecule has 98 valence electrons. The van der Waals surface area contributed by atoms with Gasteiger partial charge in [-0.05, 0) is 24.0 Å². The van der Waals surface area contributed by atoms with Crippen LogP contribution in [0.15, 0.2) is 18.2 Å². The zero-order chi connectivity index (χ0) is 13.5. The molecule has 0 bridgehead atoms. The number of thioether (sulfide) groups is 1. The summed E-state index contributed by atoms with van der Waals surface area (Å²) < 4.78 is 37.8. The summed E-state index contributed by atoms with van der Waals surface area (Å²) in [6.07, 6.45) is -3.53. The molecule has 1 unspecified atom stereocenters. The van der Waals surface area contributed by atoms with Gasteiger partial charge in [0.15, 0.2) is 0 Å². The number of fused-ring (bicyclic) bond motifs is 1. The first-order valence-electron chi connectivity index (χ1n) is 5.09. The molecule has 3 nitrogen and oxygen atoms in total. The number of alkyl halides is 3. The maximum atomic E-state index is 12.6. The largest absolute Gasteiger partial charge is 0.465 e. The summed E-state index contributed by atoms with van der Waals surface area (Å²) in [5, 5.41) is 8.73. The molecule has 1 atom stereocenters. The van der Waals surface area contributed by atoms with Crippen molar-refractivity contribution in [2.75, 3.05) is 11.2 Å². The van der Waals surface area contributed by atoms with Crippen LogP contribution in [-0.2, 0) is 12.6 Å². The van der Waals surface area contributed by atoms with Crippen LogP contribution >= 0.6 is 11.8 Å². The van der Waals surface area contributed by atoms with E-state index in [1.54, 1.807) is 6.26 Å². The molecule has 1 aliphatic rings. The summed E-state index contributed by atoms with van der Waals surface area (Å²) in [6, 6.07) is 3.24. The number of hydrogen-bond acceptors (Lipinski definition) is 2. The smallest absolute Gasteiger partial charge is 0.416 e. The molecule has 0 fully saturated rings. The van der Waals surface area contributed by atoms with Gasteiger partial charge in [-0.15, -0.1) is 11.8 Å². The molecule has 2 rings (SSSR count). The van der Waals surface area contributed by atoms with Crippen molar-refractivity contribution in [3.8, 4) is 0 Å². The van der Waals surface area contributed by atoms with Crippen LogP contribution in [0.25, 0.3) is 0 Å². The van der Waals surface area contributed by atoms with Crippen LogP contribution in [0.5, 0.6) is 0 Å². The monoisotopic (exact) mass is 277 g/mol. The van der Waals surface area contributed by atoms with Gasteiger partial charge in [-0.3, -0.25) is 4.90 Å². The summed E-state index contributed by atoms with van der Waals surface area (Å²) in [4.78, 5) is 12.1. The molecular weight excluding hydrogens is 267 g/mol. The van der Waals surface area contributed by atoms with Crippen LogP contribution in [0.2, 0.25) is 0 Å². The minimum absolute atomic E-state index is 0.136. The molecule has 1 aromatic rings. The van der Waals surface area contributed by atoms with E-state index in [2.05, 4.69) is 0 Å². The van der Waals surface area contributed by atoms with Crippen molar-refractivity contribution in [3.63, 3.8) is 0 Å². The van der Waals surface area contributed by atoms with Gasteiger partial charge in [0.25, 0.3) is 0 Å². The Kier molecular flexibility index (Phi) is 3.18. The first-order chi connectivity index (χ1) is 8.34. The van der Waals surface area contributed by atoms with Crippen molar-refractivity contribution in [1.82, 2.24) is 0 Å². The van der Waals surface area contributed by atoms with Crippen LogP contribution < -0.4 is 4.90 Å². The standard InChI is InChI=1S/C11H10F3NO2S/c1-18-9-4-6-2-3-7(11(12,13)14)5-8(6)15(9)10(16)17/h2-3,5,9H,4H2,1H3,(H,16,17). The third kappa shape index (κ3) is 2.14. The fraction of sp³-hybridized carbons (Fsp3) is 0.364. The average Bonchev–Trinajstić information content (AvgIpc) is 2.64. The first-order valence-corrected chi connectivity index (χ1v) is 6.38. The number of nitrogens with zero attached hydrogens (tertiary/aromatic N) is 1. The number of anilines is 1. The van der Waals surface area contributed by atoms with E-state index in [0.29, 0.717) is 12.0 Å². The summed E-state index contributed by atoms with van der Waals surface area (Å²) in [7, 11) is 0. The Morgan fingerprint density at radius 3 is 2.67 bits per heavy atom. The highest BCUT2D eigenvalue weighted by Crippen LogP contribution is 2.40. The lowest BCUT2D eigenvalue weighted by atomic mass is 10.1. The van der Waals surface area contributed by atoms with Gasteiger partial charge in [-0.2, -0.15) is 13.2 Å². The van der Waals surface area contributed by atoms with Crippen LogP contribution in [-0.4, -0.2) is 22.8 Å². The molecule has 1 aromatic carbocycles. The molecule has 18 heavy (non-hydrogen) atoms. The zero-order valence-electron chi connectivity index (χ0n) is 9.36. The number of carboxylic acid groups (broad SMARTS) is 1. The van der Waals surface area contributed by atoms with Gasteiger partial charge in [0.1, 0.15) is 0 Å². The molecule has 1 aliphatic heterocycles. The predicted octanol–water partition coefficient (Wildman–Crippen LogP) is 3.44. The van der Waals surface area contributed by atoms with Gasteiger partial charge in [0, 0.05) is 6.42 Å². The van der Waals surface area contributed by atoms with Crippen molar-refractivity contribution in [2.45, 2.75) is 18.0 Å². The average molecular weight is 277 g/mol.